The number of fused-ring (bicyclic) bond motifs is 3. The minimum Gasteiger partial charge on any atom is -0.294 e. The molecule has 0 N–H and O–H groups in total. The Morgan fingerprint density at radius 2 is 1.95 bits per heavy atom. The van der Waals surface area contributed by atoms with Crippen LogP contribution < -0.4 is 0 Å². The van der Waals surface area contributed by atoms with Crippen LogP contribution in [0.1, 0.15) is 52.9 Å². The lowest BCUT2D eigenvalue weighted by Gasteiger charge is -2.49. The summed E-state index contributed by atoms with van der Waals surface area (Å²) in [5.74, 6) is 0.750. The highest BCUT2D eigenvalue weighted by Crippen LogP contribution is 2.54. The number of rotatable bonds is 1. The van der Waals surface area contributed by atoms with Gasteiger partial charge in [-0.2, -0.15) is 0 Å². The van der Waals surface area contributed by atoms with Crippen molar-refractivity contribution in [2.75, 3.05) is 0 Å². The van der Waals surface area contributed by atoms with E-state index in [-0.39, 0.29) is 23.4 Å². The largest absolute Gasteiger partial charge is 0.294 e. The van der Waals surface area contributed by atoms with E-state index in [9.17, 15) is 9.59 Å². The quantitative estimate of drug-likeness (QED) is 0.679. The van der Waals surface area contributed by atoms with E-state index in [0.717, 1.165) is 24.8 Å². The number of carbonyl (C=O) groups is 2. The van der Waals surface area contributed by atoms with E-state index >= 15 is 0 Å². The number of hydrogen-bond donors (Lipinski definition) is 0. The Morgan fingerprint density at radius 1 is 1.20 bits per heavy atom. The summed E-state index contributed by atoms with van der Waals surface area (Å²) in [5, 5.41) is 0. The van der Waals surface area contributed by atoms with Crippen molar-refractivity contribution >= 4 is 11.6 Å². The Hall–Kier alpha value is -1.18. The van der Waals surface area contributed by atoms with Crippen molar-refractivity contribution in [2.45, 2.75) is 52.9 Å². The second-order valence-corrected chi connectivity index (χ2v) is 7.13. The van der Waals surface area contributed by atoms with Crippen LogP contribution in [-0.2, 0) is 9.59 Å². The van der Waals surface area contributed by atoms with Crippen LogP contribution in [0.25, 0.3) is 0 Å². The molecule has 0 saturated heterocycles. The fraction of sp³-hybridized carbons (Fsp3) is 0.667. The maximum Gasteiger partial charge on any atom is 0.163 e. The molecule has 3 aliphatic carbocycles. The first-order valence-corrected chi connectivity index (χ1v) is 7.95. The summed E-state index contributed by atoms with van der Waals surface area (Å²) in [5.41, 5.74) is 1.71. The van der Waals surface area contributed by atoms with Crippen LogP contribution in [0.3, 0.4) is 0 Å². The molecule has 0 aliphatic heterocycles. The van der Waals surface area contributed by atoms with E-state index in [4.69, 9.17) is 0 Å². The Labute approximate surface area is 121 Å². The average molecular weight is 272 g/mol. The fourth-order valence-electron chi connectivity index (χ4n) is 4.47. The highest BCUT2D eigenvalue weighted by atomic mass is 16.1. The molecule has 0 amide bonds. The molecule has 3 atom stereocenters. The summed E-state index contributed by atoms with van der Waals surface area (Å²) in [7, 11) is 0. The maximum absolute atomic E-state index is 12.8. The Kier molecular flexibility index (Phi) is 3.23. The van der Waals surface area contributed by atoms with Gasteiger partial charge in [-0.1, -0.05) is 38.8 Å². The van der Waals surface area contributed by atoms with Gasteiger partial charge in [-0.15, -0.1) is 0 Å². The molecule has 0 heterocycles. The predicted molar refractivity (Wildman–Crippen MR) is 79.2 cm³/mol. The molecule has 3 aliphatic rings. The topological polar surface area (TPSA) is 34.1 Å². The Balaban J connectivity index is 2.06. The summed E-state index contributed by atoms with van der Waals surface area (Å²) in [6.45, 7) is 6.06. The molecule has 20 heavy (non-hydrogen) atoms. The third kappa shape index (κ3) is 1.77. The van der Waals surface area contributed by atoms with Crippen LogP contribution in [0.2, 0.25) is 0 Å². The second kappa shape index (κ2) is 4.68. The van der Waals surface area contributed by atoms with Crippen molar-refractivity contribution < 1.29 is 9.59 Å². The van der Waals surface area contributed by atoms with Gasteiger partial charge < -0.3 is 0 Å². The highest BCUT2D eigenvalue weighted by Gasteiger charge is 2.55. The predicted octanol–water partition coefficient (Wildman–Crippen LogP) is 3.86. The zero-order chi connectivity index (χ0) is 14.5. The zero-order valence-electron chi connectivity index (χ0n) is 12.7. The molecule has 3 rings (SSSR count). The van der Waals surface area contributed by atoms with Gasteiger partial charge in [0.05, 0.1) is 0 Å². The molecule has 0 bridgehead atoms. The van der Waals surface area contributed by atoms with Crippen molar-refractivity contribution in [3.63, 3.8) is 0 Å². The summed E-state index contributed by atoms with van der Waals surface area (Å²) in [4.78, 5) is 25.6. The van der Waals surface area contributed by atoms with Crippen LogP contribution in [0.15, 0.2) is 23.3 Å². The van der Waals surface area contributed by atoms with Crippen molar-refractivity contribution in [3.8, 4) is 0 Å². The molecule has 0 radical (unpaired) electrons. The lowest BCUT2D eigenvalue weighted by atomic mass is 9.52. The van der Waals surface area contributed by atoms with Gasteiger partial charge in [0.1, 0.15) is 0 Å². The first-order valence-electron chi connectivity index (χ1n) is 7.95. The highest BCUT2D eigenvalue weighted by molar-refractivity contribution is 6.13. The van der Waals surface area contributed by atoms with Crippen LogP contribution in [-0.4, -0.2) is 11.6 Å². The summed E-state index contributed by atoms with van der Waals surface area (Å²) >= 11 is 0. The summed E-state index contributed by atoms with van der Waals surface area (Å²) in [6.07, 6.45) is 9.31. The van der Waals surface area contributed by atoms with Crippen molar-refractivity contribution in [3.05, 3.63) is 23.3 Å². The number of carbonyl (C=O) groups excluding carboxylic acids is 2. The minimum atomic E-state index is -0.472. The molecule has 1 fully saturated rings. The zero-order valence-corrected chi connectivity index (χ0v) is 12.7. The van der Waals surface area contributed by atoms with E-state index in [2.05, 4.69) is 13.0 Å². The van der Waals surface area contributed by atoms with E-state index in [1.807, 2.05) is 13.8 Å². The van der Waals surface area contributed by atoms with Gasteiger partial charge in [0.25, 0.3) is 0 Å². The fourth-order valence-corrected chi connectivity index (χ4v) is 4.47. The molecular formula is C18H24O2. The number of hydrogen-bond acceptors (Lipinski definition) is 2. The molecule has 0 unspecified atom stereocenters. The van der Waals surface area contributed by atoms with Crippen LogP contribution in [0.4, 0.5) is 0 Å². The third-order valence-electron chi connectivity index (χ3n) is 5.76. The number of ketones is 2. The standard InChI is InChI=1S/C18H24O2/c1-11(2)13-10-16(19)18(3)14-7-5-4-6-12(14)8-9-15(18)17(13)20/h8,10-11,14-15H,4-7,9H2,1-3H3/t14-,15-,18-/m1/s1. The molecule has 0 spiro atoms. The smallest absolute Gasteiger partial charge is 0.163 e. The van der Waals surface area contributed by atoms with Gasteiger partial charge in [0, 0.05) is 16.9 Å². The first kappa shape index (κ1) is 13.8. The molecule has 2 nitrogen and oxygen atoms in total. The lowest BCUT2D eigenvalue weighted by molar-refractivity contribution is -0.140. The molecule has 0 aromatic heterocycles. The van der Waals surface area contributed by atoms with Gasteiger partial charge in [0.15, 0.2) is 11.6 Å². The van der Waals surface area contributed by atoms with E-state index in [1.165, 1.54) is 18.4 Å². The molecule has 2 heteroatoms. The maximum atomic E-state index is 12.8. The molecule has 0 aromatic rings. The third-order valence-corrected chi connectivity index (χ3v) is 5.76. The van der Waals surface area contributed by atoms with Crippen LogP contribution in [0, 0.1) is 23.2 Å². The van der Waals surface area contributed by atoms with Gasteiger partial charge in [-0.3, -0.25) is 9.59 Å². The van der Waals surface area contributed by atoms with Crippen LogP contribution in [0.5, 0.6) is 0 Å². The first-order chi connectivity index (χ1) is 9.46. The molecular weight excluding hydrogens is 248 g/mol. The van der Waals surface area contributed by atoms with E-state index < -0.39 is 5.41 Å². The van der Waals surface area contributed by atoms with Gasteiger partial charge in [-0.05, 0) is 43.6 Å². The Bertz CT molecular complexity index is 524. The Morgan fingerprint density at radius 3 is 2.65 bits per heavy atom. The normalized spacial score (nSPS) is 37.2. The summed E-state index contributed by atoms with van der Waals surface area (Å²) in [6, 6.07) is 0. The average Bonchev–Trinajstić information content (AvgIpc) is 2.43. The van der Waals surface area contributed by atoms with Gasteiger partial charge >= 0.3 is 0 Å². The summed E-state index contributed by atoms with van der Waals surface area (Å²) < 4.78 is 0. The molecule has 1 saturated carbocycles. The van der Waals surface area contributed by atoms with E-state index in [1.54, 1.807) is 6.08 Å². The minimum absolute atomic E-state index is 0.121. The lowest BCUT2D eigenvalue weighted by Crippen LogP contribution is -2.51. The van der Waals surface area contributed by atoms with Gasteiger partial charge in [-0.25, -0.2) is 0 Å². The second-order valence-electron chi connectivity index (χ2n) is 7.13. The number of Topliss-reactive ketones (excluding diaryl/α,β-unsaturated/α-hetero) is 1. The monoisotopic (exact) mass is 272 g/mol. The van der Waals surface area contributed by atoms with E-state index in [0.29, 0.717) is 5.92 Å². The van der Waals surface area contributed by atoms with Crippen molar-refractivity contribution in [1.29, 1.82) is 0 Å². The SMILES string of the molecule is CC(C)C1=CC(=O)[C@@]2(C)[C@H](CC=C3CCCC[C@H]32)C1=O. The molecule has 108 valence electrons. The van der Waals surface area contributed by atoms with Crippen molar-refractivity contribution in [1.82, 2.24) is 0 Å². The van der Waals surface area contributed by atoms with Crippen LogP contribution >= 0.6 is 0 Å². The molecule has 0 aromatic carbocycles. The van der Waals surface area contributed by atoms with Crippen molar-refractivity contribution in [2.24, 2.45) is 23.2 Å². The number of allylic oxidation sites excluding steroid dienone is 4. The van der Waals surface area contributed by atoms with Gasteiger partial charge in [0.2, 0.25) is 0 Å².